The van der Waals surface area contributed by atoms with Crippen LogP contribution in [-0.2, 0) is 9.59 Å². The molecule has 0 aromatic heterocycles. The van der Waals surface area contributed by atoms with E-state index in [2.05, 4.69) is 0 Å². The molecule has 1 aliphatic rings. The number of nitro benzene ring substituents is 1. The molecule has 1 saturated heterocycles. The number of aliphatic hydroxyl groups is 1. The Labute approximate surface area is 182 Å². The Morgan fingerprint density at radius 1 is 1.19 bits per heavy atom. The van der Waals surface area contributed by atoms with E-state index in [0.717, 1.165) is 0 Å². The lowest BCUT2D eigenvalue weighted by Crippen LogP contribution is -2.35. The van der Waals surface area contributed by atoms with Crippen LogP contribution >= 0.6 is 11.6 Å². The Bertz CT molecular complexity index is 1080. The predicted molar refractivity (Wildman–Crippen MR) is 114 cm³/mol. The second-order valence-electron chi connectivity index (χ2n) is 7.31. The minimum Gasteiger partial charge on any atom is -0.507 e. The van der Waals surface area contributed by atoms with Crippen LogP contribution in [0, 0.1) is 10.1 Å². The van der Waals surface area contributed by atoms with Crippen LogP contribution in [0.5, 0.6) is 5.75 Å². The Hall–Kier alpha value is -3.43. The number of aliphatic hydroxyl groups excluding tert-OH is 1. The highest BCUT2D eigenvalue weighted by Crippen LogP contribution is 2.41. The maximum Gasteiger partial charge on any atom is 0.295 e. The molecule has 0 aliphatic carbocycles. The van der Waals surface area contributed by atoms with E-state index in [4.69, 9.17) is 11.6 Å². The number of halogens is 1. The molecule has 1 atom stereocenters. The number of Topliss-reactive ketones (excluding diaryl/α,β-unsaturated/α-hetero) is 1. The van der Waals surface area contributed by atoms with Crippen LogP contribution in [0.3, 0.4) is 0 Å². The number of benzene rings is 2. The van der Waals surface area contributed by atoms with E-state index >= 15 is 0 Å². The fourth-order valence-corrected chi connectivity index (χ4v) is 3.56. The molecule has 1 unspecified atom stereocenters. The molecular formula is C21H20ClN3O6. The van der Waals surface area contributed by atoms with Gasteiger partial charge in [0.15, 0.2) is 0 Å². The van der Waals surface area contributed by atoms with E-state index < -0.39 is 28.4 Å². The van der Waals surface area contributed by atoms with Gasteiger partial charge in [-0.15, -0.1) is 0 Å². The van der Waals surface area contributed by atoms with Gasteiger partial charge in [0.05, 0.1) is 22.1 Å². The van der Waals surface area contributed by atoms with Crippen molar-refractivity contribution in [2.24, 2.45) is 0 Å². The third-order valence-electron chi connectivity index (χ3n) is 4.96. The van der Waals surface area contributed by atoms with Crippen molar-refractivity contribution in [1.82, 2.24) is 9.80 Å². The van der Waals surface area contributed by atoms with E-state index in [1.165, 1.54) is 47.4 Å². The van der Waals surface area contributed by atoms with Crippen LogP contribution in [0.25, 0.3) is 5.76 Å². The van der Waals surface area contributed by atoms with Crippen molar-refractivity contribution in [2.45, 2.75) is 6.04 Å². The average molecular weight is 446 g/mol. The smallest absolute Gasteiger partial charge is 0.295 e. The number of aromatic hydroxyl groups is 1. The summed E-state index contributed by atoms with van der Waals surface area (Å²) in [4.78, 5) is 39.2. The molecule has 1 amide bonds. The number of nitrogens with zero attached hydrogens (tertiary/aromatic N) is 3. The summed E-state index contributed by atoms with van der Waals surface area (Å²) >= 11 is 5.97. The topological polar surface area (TPSA) is 124 Å². The van der Waals surface area contributed by atoms with E-state index in [9.17, 15) is 29.9 Å². The molecule has 3 rings (SSSR count). The first-order valence-corrected chi connectivity index (χ1v) is 9.66. The van der Waals surface area contributed by atoms with Crippen molar-refractivity contribution < 1.29 is 24.7 Å². The lowest BCUT2D eigenvalue weighted by Gasteiger charge is -2.26. The molecule has 10 heteroatoms. The standard InChI is InChI=1S/C21H20ClN3O6/c1-23(2)9-10-24-18(12-3-6-14(7-4-12)25(30)31)17(20(28)21(24)29)19(27)15-11-13(22)5-8-16(15)26/h3-8,11,18,26-27H,9-10H2,1-2H3. The molecule has 0 spiro atoms. The molecule has 0 saturated carbocycles. The first-order chi connectivity index (χ1) is 14.6. The molecule has 1 fully saturated rings. The monoisotopic (exact) mass is 445 g/mol. The van der Waals surface area contributed by atoms with Gasteiger partial charge in [-0.1, -0.05) is 11.6 Å². The number of likely N-dealkylation sites (tertiary alicyclic amines) is 1. The molecule has 1 heterocycles. The van der Waals surface area contributed by atoms with E-state index in [1.807, 2.05) is 19.0 Å². The molecule has 0 radical (unpaired) electrons. The minimum atomic E-state index is -0.987. The summed E-state index contributed by atoms with van der Waals surface area (Å²) < 4.78 is 0. The summed E-state index contributed by atoms with van der Waals surface area (Å²) in [5, 5.41) is 32.3. The average Bonchev–Trinajstić information content (AvgIpc) is 2.98. The zero-order valence-corrected chi connectivity index (χ0v) is 17.5. The lowest BCUT2D eigenvalue weighted by molar-refractivity contribution is -0.384. The van der Waals surface area contributed by atoms with Gasteiger partial charge in [0.2, 0.25) is 0 Å². The zero-order valence-electron chi connectivity index (χ0n) is 16.8. The third kappa shape index (κ3) is 4.37. The Morgan fingerprint density at radius 3 is 2.42 bits per heavy atom. The van der Waals surface area contributed by atoms with Crippen molar-refractivity contribution >= 4 is 34.7 Å². The molecule has 2 aromatic carbocycles. The molecule has 31 heavy (non-hydrogen) atoms. The number of phenols is 1. The van der Waals surface area contributed by atoms with Crippen LogP contribution in [0.15, 0.2) is 48.0 Å². The van der Waals surface area contributed by atoms with Gasteiger partial charge in [0.25, 0.3) is 17.4 Å². The number of hydrogen-bond acceptors (Lipinski definition) is 7. The highest BCUT2D eigenvalue weighted by molar-refractivity contribution is 6.46. The number of amides is 1. The van der Waals surface area contributed by atoms with Crippen molar-refractivity contribution in [1.29, 1.82) is 0 Å². The lowest BCUT2D eigenvalue weighted by atomic mass is 9.95. The fraction of sp³-hybridized carbons (Fsp3) is 0.238. The summed E-state index contributed by atoms with van der Waals surface area (Å²) in [7, 11) is 3.61. The largest absolute Gasteiger partial charge is 0.507 e. The van der Waals surface area contributed by atoms with Crippen molar-refractivity contribution in [2.75, 3.05) is 27.2 Å². The summed E-state index contributed by atoms with van der Waals surface area (Å²) in [6.07, 6.45) is 0. The number of phenolic OH excluding ortho intramolecular Hbond substituents is 1. The van der Waals surface area contributed by atoms with Crippen LogP contribution in [-0.4, -0.2) is 63.8 Å². The van der Waals surface area contributed by atoms with E-state index in [0.29, 0.717) is 12.1 Å². The van der Waals surface area contributed by atoms with Gasteiger partial charge in [0, 0.05) is 30.2 Å². The van der Waals surface area contributed by atoms with Gasteiger partial charge in [-0.05, 0) is 50.0 Å². The molecule has 2 N–H and O–H groups in total. The van der Waals surface area contributed by atoms with Gasteiger partial charge >= 0.3 is 0 Å². The normalized spacial score (nSPS) is 18.1. The first-order valence-electron chi connectivity index (χ1n) is 9.28. The Kier molecular flexibility index (Phi) is 6.28. The number of rotatable bonds is 6. The Morgan fingerprint density at radius 2 is 1.84 bits per heavy atom. The van der Waals surface area contributed by atoms with Gasteiger partial charge in [-0.3, -0.25) is 19.7 Å². The van der Waals surface area contributed by atoms with Crippen molar-refractivity contribution in [3.8, 4) is 5.75 Å². The SMILES string of the molecule is CN(C)CCN1C(=O)C(=O)C(=C(O)c2cc(Cl)ccc2O)C1c1ccc([N+](=O)[O-])cc1. The number of hydrogen-bond donors (Lipinski definition) is 2. The number of ketones is 1. The number of non-ortho nitro benzene ring substituents is 1. The highest BCUT2D eigenvalue weighted by Gasteiger charge is 2.46. The summed E-state index contributed by atoms with van der Waals surface area (Å²) in [6.45, 7) is 0.622. The summed E-state index contributed by atoms with van der Waals surface area (Å²) in [6, 6.07) is 8.37. The van der Waals surface area contributed by atoms with Gasteiger partial charge in [0.1, 0.15) is 11.5 Å². The maximum atomic E-state index is 12.9. The summed E-state index contributed by atoms with van der Waals surface area (Å²) in [5.41, 5.74) is -0.0618. The highest BCUT2D eigenvalue weighted by atomic mass is 35.5. The molecule has 2 aromatic rings. The van der Waals surface area contributed by atoms with Crippen LogP contribution in [0.4, 0.5) is 5.69 Å². The van der Waals surface area contributed by atoms with Gasteiger partial charge < -0.3 is 20.0 Å². The second-order valence-corrected chi connectivity index (χ2v) is 7.74. The van der Waals surface area contributed by atoms with E-state index in [-0.39, 0.29) is 34.1 Å². The quantitative estimate of drug-likeness (QED) is 0.230. The number of likely N-dealkylation sites (N-methyl/N-ethyl adjacent to an activating group) is 1. The molecule has 9 nitrogen and oxygen atoms in total. The third-order valence-corrected chi connectivity index (χ3v) is 5.20. The fourth-order valence-electron chi connectivity index (χ4n) is 3.39. The molecule has 1 aliphatic heterocycles. The van der Waals surface area contributed by atoms with Gasteiger partial charge in [-0.2, -0.15) is 0 Å². The van der Waals surface area contributed by atoms with Crippen LogP contribution in [0.1, 0.15) is 17.2 Å². The number of carbonyl (C=O) groups excluding carboxylic acids is 2. The second kappa shape index (κ2) is 8.75. The van der Waals surface area contributed by atoms with Crippen molar-refractivity contribution in [3.63, 3.8) is 0 Å². The first kappa shape index (κ1) is 22.3. The number of nitro groups is 1. The van der Waals surface area contributed by atoms with Crippen LogP contribution in [0.2, 0.25) is 5.02 Å². The Balaban J connectivity index is 2.19. The molecule has 162 valence electrons. The number of carbonyl (C=O) groups is 2. The molecular weight excluding hydrogens is 426 g/mol. The zero-order chi connectivity index (χ0) is 22.9. The molecule has 0 bridgehead atoms. The van der Waals surface area contributed by atoms with E-state index in [1.54, 1.807) is 0 Å². The van der Waals surface area contributed by atoms with Crippen LogP contribution < -0.4 is 0 Å². The minimum absolute atomic E-state index is 0.0926. The van der Waals surface area contributed by atoms with Gasteiger partial charge in [-0.25, -0.2) is 0 Å². The predicted octanol–water partition coefficient (Wildman–Crippen LogP) is 2.94. The summed E-state index contributed by atoms with van der Waals surface area (Å²) in [5.74, 6) is -2.62. The maximum absolute atomic E-state index is 12.9. The van der Waals surface area contributed by atoms with Crippen molar-refractivity contribution in [3.05, 3.63) is 74.3 Å².